The van der Waals surface area contributed by atoms with E-state index < -0.39 is 5.97 Å². The zero-order valence-electron chi connectivity index (χ0n) is 9.07. The summed E-state index contributed by atoms with van der Waals surface area (Å²) in [5.41, 5.74) is 2.90. The molecule has 1 aliphatic rings. The Hall–Kier alpha value is -0.650. The van der Waals surface area contributed by atoms with Gasteiger partial charge in [-0.3, -0.25) is 9.63 Å². The zero-order chi connectivity index (χ0) is 11.1. The molecule has 0 aromatic rings. The van der Waals surface area contributed by atoms with E-state index in [9.17, 15) is 4.79 Å². The fourth-order valence-electron chi connectivity index (χ4n) is 1.82. The first-order valence-corrected chi connectivity index (χ1v) is 5.33. The Labute approximate surface area is 89.7 Å². The Balaban J connectivity index is 2.15. The number of hydroxylamine groups is 1. The van der Waals surface area contributed by atoms with Crippen LogP contribution in [0.25, 0.3) is 0 Å². The fraction of sp³-hybridized carbons (Fsp3) is 0.900. The van der Waals surface area contributed by atoms with E-state index in [1.54, 1.807) is 7.11 Å². The van der Waals surface area contributed by atoms with Gasteiger partial charge < -0.3 is 9.84 Å². The van der Waals surface area contributed by atoms with Crippen molar-refractivity contribution in [2.24, 2.45) is 5.92 Å². The molecule has 0 spiro atoms. The third kappa shape index (κ3) is 4.59. The Morgan fingerprint density at radius 3 is 2.93 bits per heavy atom. The van der Waals surface area contributed by atoms with Crippen LogP contribution in [0.1, 0.15) is 25.7 Å². The van der Waals surface area contributed by atoms with E-state index >= 15 is 0 Å². The molecule has 5 heteroatoms. The summed E-state index contributed by atoms with van der Waals surface area (Å²) in [5, 5.41) is 8.88. The minimum atomic E-state index is -0.696. The van der Waals surface area contributed by atoms with Crippen molar-refractivity contribution in [1.82, 2.24) is 5.48 Å². The molecule has 0 radical (unpaired) electrons. The molecular formula is C10H19NO4. The van der Waals surface area contributed by atoms with Crippen LogP contribution in [0.4, 0.5) is 0 Å². The lowest BCUT2D eigenvalue weighted by Gasteiger charge is -2.26. The number of aliphatic carboxylic acids is 1. The lowest BCUT2D eigenvalue weighted by molar-refractivity contribution is -0.143. The number of rotatable bonds is 6. The number of methoxy groups -OCH3 is 1. The molecule has 0 aliphatic heterocycles. The molecule has 1 rings (SSSR count). The Morgan fingerprint density at radius 2 is 2.27 bits per heavy atom. The van der Waals surface area contributed by atoms with Gasteiger partial charge in [0.15, 0.2) is 0 Å². The molecule has 0 amide bonds. The van der Waals surface area contributed by atoms with Gasteiger partial charge in [0.1, 0.15) is 0 Å². The molecule has 2 atom stereocenters. The van der Waals surface area contributed by atoms with E-state index in [-0.39, 0.29) is 12.0 Å². The number of carboxylic acids is 1. The zero-order valence-corrected chi connectivity index (χ0v) is 9.07. The van der Waals surface area contributed by atoms with Gasteiger partial charge in [0, 0.05) is 13.2 Å². The predicted octanol–water partition coefficient (Wildman–Crippen LogP) is 0.797. The average molecular weight is 217 g/mol. The maximum absolute atomic E-state index is 10.8. The van der Waals surface area contributed by atoms with Crippen molar-refractivity contribution in [3.05, 3.63) is 0 Å². The molecule has 0 aromatic carbocycles. The second kappa shape index (κ2) is 6.76. The van der Waals surface area contributed by atoms with Gasteiger partial charge in [0.25, 0.3) is 0 Å². The molecule has 0 bridgehead atoms. The third-order valence-corrected chi connectivity index (χ3v) is 2.66. The minimum absolute atomic E-state index is 0.164. The average Bonchev–Trinajstić information content (AvgIpc) is 2.25. The number of carbonyl (C=O) groups is 1. The quantitative estimate of drug-likeness (QED) is 0.508. The van der Waals surface area contributed by atoms with E-state index in [1.165, 1.54) is 0 Å². The van der Waals surface area contributed by atoms with E-state index in [0.717, 1.165) is 19.3 Å². The summed E-state index contributed by atoms with van der Waals surface area (Å²) in [6.45, 7) is 1.03. The van der Waals surface area contributed by atoms with E-state index in [0.29, 0.717) is 19.6 Å². The molecule has 1 saturated carbocycles. The normalized spacial score (nSPS) is 26.5. The summed E-state index contributed by atoms with van der Waals surface area (Å²) in [5.74, 6) is -0.916. The number of nitrogens with one attached hydrogen (secondary N) is 1. The largest absolute Gasteiger partial charge is 0.481 e. The van der Waals surface area contributed by atoms with Gasteiger partial charge in [-0.2, -0.15) is 5.48 Å². The molecule has 88 valence electrons. The van der Waals surface area contributed by atoms with Crippen molar-refractivity contribution in [3.63, 3.8) is 0 Å². The molecule has 2 N–H and O–H groups in total. The number of hydrogen-bond donors (Lipinski definition) is 2. The van der Waals surface area contributed by atoms with Crippen molar-refractivity contribution < 1.29 is 19.5 Å². The van der Waals surface area contributed by atoms with Crippen LogP contribution < -0.4 is 5.48 Å². The van der Waals surface area contributed by atoms with E-state index in [4.69, 9.17) is 14.7 Å². The highest BCUT2D eigenvalue weighted by atomic mass is 16.7. The summed E-state index contributed by atoms with van der Waals surface area (Å²) in [6.07, 6.45) is 3.37. The predicted molar refractivity (Wildman–Crippen MR) is 54.3 cm³/mol. The van der Waals surface area contributed by atoms with Crippen LogP contribution in [-0.4, -0.2) is 37.4 Å². The first-order chi connectivity index (χ1) is 7.24. The lowest BCUT2D eigenvalue weighted by atomic mass is 9.86. The number of hydrogen-bond acceptors (Lipinski definition) is 4. The van der Waals surface area contributed by atoms with Crippen molar-refractivity contribution in [3.8, 4) is 0 Å². The first-order valence-electron chi connectivity index (χ1n) is 5.33. The van der Waals surface area contributed by atoms with Gasteiger partial charge in [-0.05, 0) is 19.3 Å². The first kappa shape index (κ1) is 12.4. The highest BCUT2D eigenvalue weighted by Crippen LogP contribution is 2.24. The summed E-state index contributed by atoms with van der Waals surface area (Å²) < 4.78 is 4.83. The molecule has 2 unspecified atom stereocenters. The van der Waals surface area contributed by atoms with Crippen LogP contribution in [0.3, 0.4) is 0 Å². The Morgan fingerprint density at radius 1 is 1.47 bits per heavy atom. The maximum atomic E-state index is 10.8. The van der Waals surface area contributed by atoms with Crippen LogP contribution in [0.15, 0.2) is 0 Å². The second-order valence-corrected chi connectivity index (χ2v) is 3.86. The molecule has 0 aromatic heterocycles. The van der Waals surface area contributed by atoms with Crippen molar-refractivity contribution in [1.29, 1.82) is 0 Å². The van der Waals surface area contributed by atoms with Gasteiger partial charge >= 0.3 is 5.97 Å². The number of carboxylic acid groups (broad SMARTS) is 1. The summed E-state index contributed by atoms with van der Waals surface area (Å²) in [7, 11) is 1.62. The van der Waals surface area contributed by atoms with E-state index in [2.05, 4.69) is 5.48 Å². The SMILES string of the molecule is COCCONC1CCCC(C(=O)O)C1. The van der Waals surface area contributed by atoms with Gasteiger partial charge in [-0.1, -0.05) is 6.42 Å². The smallest absolute Gasteiger partial charge is 0.306 e. The lowest BCUT2D eigenvalue weighted by Crippen LogP contribution is -2.37. The molecule has 1 fully saturated rings. The highest BCUT2D eigenvalue weighted by Gasteiger charge is 2.26. The van der Waals surface area contributed by atoms with Crippen molar-refractivity contribution in [2.75, 3.05) is 20.3 Å². The van der Waals surface area contributed by atoms with E-state index in [1.807, 2.05) is 0 Å². The summed E-state index contributed by atoms with van der Waals surface area (Å²) in [6, 6.07) is 0.164. The van der Waals surface area contributed by atoms with Crippen LogP contribution in [-0.2, 0) is 14.4 Å². The molecule has 15 heavy (non-hydrogen) atoms. The number of ether oxygens (including phenoxy) is 1. The van der Waals surface area contributed by atoms with Gasteiger partial charge in [0.2, 0.25) is 0 Å². The molecule has 0 saturated heterocycles. The van der Waals surface area contributed by atoms with Gasteiger partial charge in [-0.25, -0.2) is 0 Å². The van der Waals surface area contributed by atoms with Crippen LogP contribution in [0.5, 0.6) is 0 Å². The minimum Gasteiger partial charge on any atom is -0.481 e. The molecule has 0 heterocycles. The monoisotopic (exact) mass is 217 g/mol. The highest BCUT2D eigenvalue weighted by molar-refractivity contribution is 5.70. The van der Waals surface area contributed by atoms with Crippen LogP contribution in [0.2, 0.25) is 0 Å². The second-order valence-electron chi connectivity index (χ2n) is 3.86. The van der Waals surface area contributed by atoms with Gasteiger partial charge in [0.05, 0.1) is 19.1 Å². The molecule has 1 aliphatic carbocycles. The fourth-order valence-corrected chi connectivity index (χ4v) is 1.82. The Bertz CT molecular complexity index is 198. The summed E-state index contributed by atoms with van der Waals surface area (Å²) >= 11 is 0. The van der Waals surface area contributed by atoms with Crippen molar-refractivity contribution in [2.45, 2.75) is 31.7 Å². The van der Waals surface area contributed by atoms with Crippen molar-refractivity contribution >= 4 is 5.97 Å². The maximum Gasteiger partial charge on any atom is 0.306 e. The van der Waals surface area contributed by atoms with Crippen LogP contribution >= 0.6 is 0 Å². The standard InChI is InChI=1S/C10H19NO4/c1-14-5-6-15-11-9-4-2-3-8(7-9)10(12)13/h8-9,11H,2-7H2,1H3,(H,12,13). The third-order valence-electron chi connectivity index (χ3n) is 2.66. The molecule has 5 nitrogen and oxygen atoms in total. The Kier molecular flexibility index (Phi) is 5.60. The summed E-state index contributed by atoms with van der Waals surface area (Å²) in [4.78, 5) is 16.0. The topological polar surface area (TPSA) is 67.8 Å². The molecular weight excluding hydrogens is 198 g/mol. The van der Waals surface area contributed by atoms with Crippen LogP contribution in [0, 0.1) is 5.92 Å². The van der Waals surface area contributed by atoms with Gasteiger partial charge in [-0.15, -0.1) is 0 Å².